The summed E-state index contributed by atoms with van der Waals surface area (Å²) >= 11 is 0. The Kier molecular flexibility index (Phi) is 6.25. The SMILES string of the molecule is CC(C)=CC(=O)O[C@H]1c2c(ccc3ccc(=O)oc23)OC(C)(C)[C@H]1OC(=O)CC(C)C. The number of benzene rings is 1. The third-order valence-corrected chi connectivity index (χ3v) is 4.89. The molecule has 0 fully saturated rings. The maximum atomic E-state index is 12.6. The largest absolute Gasteiger partial charge is 0.483 e. The number of rotatable bonds is 5. The summed E-state index contributed by atoms with van der Waals surface area (Å²) in [5, 5.41) is 0.636. The first-order chi connectivity index (χ1) is 14.5. The molecule has 2 atom stereocenters. The van der Waals surface area contributed by atoms with Gasteiger partial charge >= 0.3 is 17.6 Å². The summed E-state index contributed by atoms with van der Waals surface area (Å²) in [5.74, 6) is -0.519. The molecule has 0 saturated heterocycles. The van der Waals surface area contributed by atoms with E-state index in [1.165, 1.54) is 12.1 Å². The van der Waals surface area contributed by atoms with Crippen LogP contribution >= 0.6 is 0 Å². The normalized spacial score (nSPS) is 19.3. The number of hydrogen-bond donors (Lipinski definition) is 0. The second kappa shape index (κ2) is 8.57. The van der Waals surface area contributed by atoms with Gasteiger partial charge in [-0.3, -0.25) is 4.79 Å². The van der Waals surface area contributed by atoms with Crippen molar-refractivity contribution in [1.82, 2.24) is 0 Å². The molecule has 166 valence electrons. The number of hydrogen-bond acceptors (Lipinski definition) is 7. The van der Waals surface area contributed by atoms with E-state index in [0.717, 1.165) is 5.57 Å². The van der Waals surface area contributed by atoms with Gasteiger partial charge in [-0.2, -0.15) is 0 Å². The lowest BCUT2D eigenvalue weighted by atomic mass is 9.87. The minimum absolute atomic E-state index is 0.0953. The van der Waals surface area contributed by atoms with Crippen molar-refractivity contribution in [2.45, 2.75) is 65.8 Å². The van der Waals surface area contributed by atoms with E-state index in [-0.39, 0.29) is 17.9 Å². The van der Waals surface area contributed by atoms with Gasteiger partial charge in [-0.25, -0.2) is 9.59 Å². The number of ether oxygens (including phenoxy) is 3. The molecular formula is C24H28O7. The third-order valence-electron chi connectivity index (χ3n) is 4.89. The smallest absolute Gasteiger partial charge is 0.336 e. The summed E-state index contributed by atoms with van der Waals surface area (Å²) in [5.41, 5.74) is -0.186. The molecule has 0 bridgehead atoms. The van der Waals surface area contributed by atoms with Crippen LogP contribution in [0.3, 0.4) is 0 Å². The van der Waals surface area contributed by atoms with Crippen LogP contribution in [0.15, 0.2) is 45.1 Å². The lowest BCUT2D eigenvalue weighted by molar-refractivity contribution is -0.188. The van der Waals surface area contributed by atoms with Crippen LogP contribution in [-0.2, 0) is 19.1 Å². The van der Waals surface area contributed by atoms with E-state index in [2.05, 4.69) is 0 Å². The standard InChI is InChI=1S/C24H28O7/c1-13(2)11-18(26)29-22-20-16(9-7-15-8-10-17(25)28-21(15)20)31-24(5,6)23(22)30-19(27)12-14(3)4/h7-11,14,22-23H,12H2,1-6H3/t22-,23-/m0/s1. The fraction of sp³-hybridized carbons (Fsp3) is 0.458. The summed E-state index contributed by atoms with van der Waals surface area (Å²) in [7, 11) is 0. The molecule has 1 aromatic heterocycles. The molecule has 0 saturated carbocycles. The molecular weight excluding hydrogens is 400 g/mol. The van der Waals surface area contributed by atoms with Crippen molar-refractivity contribution < 1.29 is 28.2 Å². The molecule has 3 rings (SSSR count). The van der Waals surface area contributed by atoms with Crippen molar-refractivity contribution in [2.75, 3.05) is 0 Å². The van der Waals surface area contributed by atoms with E-state index < -0.39 is 35.4 Å². The van der Waals surface area contributed by atoms with Crippen LogP contribution in [-0.4, -0.2) is 23.6 Å². The average molecular weight is 428 g/mol. The lowest BCUT2D eigenvalue weighted by Gasteiger charge is -2.43. The van der Waals surface area contributed by atoms with E-state index in [9.17, 15) is 14.4 Å². The quantitative estimate of drug-likeness (QED) is 0.394. The first kappa shape index (κ1) is 22.6. The molecule has 31 heavy (non-hydrogen) atoms. The Balaban J connectivity index is 2.17. The second-order valence-corrected chi connectivity index (χ2v) is 8.94. The number of esters is 2. The second-order valence-electron chi connectivity index (χ2n) is 8.94. The van der Waals surface area contributed by atoms with Gasteiger partial charge in [0.2, 0.25) is 0 Å². The Morgan fingerprint density at radius 2 is 1.81 bits per heavy atom. The summed E-state index contributed by atoms with van der Waals surface area (Å²) in [6, 6.07) is 6.42. The molecule has 0 amide bonds. The van der Waals surface area contributed by atoms with Crippen molar-refractivity contribution in [3.8, 4) is 5.75 Å². The maximum absolute atomic E-state index is 12.6. The van der Waals surface area contributed by atoms with E-state index in [1.54, 1.807) is 45.9 Å². The molecule has 2 heterocycles. The van der Waals surface area contributed by atoms with Crippen molar-refractivity contribution in [1.29, 1.82) is 0 Å². The molecule has 2 aromatic rings. The van der Waals surface area contributed by atoms with Crippen LogP contribution in [0.25, 0.3) is 11.0 Å². The van der Waals surface area contributed by atoms with Gasteiger partial charge in [0.25, 0.3) is 0 Å². The van der Waals surface area contributed by atoms with Crippen LogP contribution < -0.4 is 10.4 Å². The van der Waals surface area contributed by atoms with Gasteiger partial charge in [-0.05, 0) is 51.8 Å². The van der Waals surface area contributed by atoms with Gasteiger partial charge in [0.05, 0.1) is 5.56 Å². The molecule has 0 spiro atoms. The molecule has 1 aromatic carbocycles. The number of fused-ring (bicyclic) bond motifs is 3. The Morgan fingerprint density at radius 1 is 1.13 bits per heavy atom. The highest BCUT2D eigenvalue weighted by atomic mass is 16.6. The van der Waals surface area contributed by atoms with Crippen LogP contribution in [0.1, 0.15) is 59.6 Å². The minimum Gasteiger partial charge on any atom is -0.483 e. The van der Waals surface area contributed by atoms with Gasteiger partial charge in [0.1, 0.15) is 16.9 Å². The zero-order valence-corrected chi connectivity index (χ0v) is 18.7. The topological polar surface area (TPSA) is 92.0 Å². The molecule has 7 heteroatoms. The Hall–Kier alpha value is -3.09. The van der Waals surface area contributed by atoms with Gasteiger partial charge in [-0.1, -0.05) is 19.4 Å². The predicted octanol–water partition coefficient (Wildman–Crippen LogP) is 4.47. The predicted molar refractivity (Wildman–Crippen MR) is 115 cm³/mol. The fourth-order valence-corrected chi connectivity index (χ4v) is 3.59. The molecule has 0 radical (unpaired) electrons. The van der Waals surface area contributed by atoms with Crippen molar-refractivity contribution >= 4 is 22.9 Å². The highest BCUT2D eigenvalue weighted by Crippen LogP contribution is 2.46. The van der Waals surface area contributed by atoms with Gasteiger partial charge in [0.15, 0.2) is 12.2 Å². The molecule has 0 aliphatic carbocycles. The van der Waals surface area contributed by atoms with E-state index in [0.29, 0.717) is 16.7 Å². The van der Waals surface area contributed by atoms with E-state index >= 15 is 0 Å². The monoisotopic (exact) mass is 428 g/mol. The zero-order chi connectivity index (χ0) is 22.9. The van der Waals surface area contributed by atoms with Crippen LogP contribution in [0.5, 0.6) is 5.75 Å². The molecule has 7 nitrogen and oxygen atoms in total. The van der Waals surface area contributed by atoms with E-state index in [1.807, 2.05) is 13.8 Å². The molecule has 0 N–H and O–H groups in total. The molecule has 1 aliphatic heterocycles. The van der Waals surface area contributed by atoms with Gasteiger partial charge in [0, 0.05) is 23.9 Å². The summed E-state index contributed by atoms with van der Waals surface area (Å²) in [6.45, 7) is 10.9. The molecule has 0 unspecified atom stereocenters. The highest BCUT2D eigenvalue weighted by molar-refractivity contribution is 5.86. The van der Waals surface area contributed by atoms with Crippen LogP contribution in [0.4, 0.5) is 0 Å². The first-order valence-corrected chi connectivity index (χ1v) is 10.3. The van der Waals surface area contributed by atoms with Gasteiger partial charge < -0.3 is 18.6 Å². The number of carbonyl (C=O) groups excluding carboxylic acids is 2. The van der Waals surface area contributed by atoms with Crippen molar-refractivity contribution in [2.24, 2.45) is 5.92 Å². The zero-order valence-electron chi connectivity index (χ0n) is 18.7. The lowest BCUT2D eigenvalue weighted by Crippen LogP contribution is -2.52. The van der Waals surface area contributed by atoms with Crippen LogP contribution in [0, 0.1) is 5.92 Å². The minimum atomic E-state index is -1.02. The Labute approximate surface area is 181 Å². The maximum Gasteiger partial charge on any atom is 0.336 e. The Morgan fingerprint density at radius 3 is 2.45 bits per heavy atom. The third kappa shape index (κ3) is 4.98. The summed E-state index contributed by atoms with van der Waals surface area (Å²) in [6.07, 6.45) is -0.404. The van der Waals surface area contributed by atoms with Crippen molar-refractivity contribution in [3.05, 3.63) is 51.9 Å². The summed E-state index contributed by atoms with van der Waals surface area (Å²) in [4.78, 5) is 37.1. The van der Waals surface area contributed by atoms with Crippen LogP contribution in [0.2, 0.25) is 0 Å². The highest BCUT2D eigenvalue weighted by Gasteiger charge is 2.50. The van der Waals surface area contributed by atoms with Gasteiger partial charge in [-0.15, -0.1) is 0 Å². The Bertz CT molecular complexity index is 1090. The first-order valence-electron chi connectivity index (χ1n) is 10.3. The van der Waals surface area contributed by atoms with Crippen molar-refractivity contribution in [3.63, 3.8) is 0 Å². The fourth-order valence-electron chi connectivity index (χ4n) is 3.59. The average Bonchev–Trinajstić information content (AvgIpc) is 2.62. The number of allylic oxidation sites excluding steroid dienone is 1. The summed E-state index contributed by atoms with van der Waals surface area (Å²) < 4.78 is 23.2. The molecule has 1 aliphatic rings. The van der Waals surface area contributed by atoms with E-state index in [4.69, 9.17) is 18.6 Å². The number of carbonyl (C=O) groups is 2.